The fraction of sp³-hybridized carbons (Fsp3) is 0.250. The first-order valence-electron chi connectivity index (χ1n) is 11.1. The number of ether oxygens (including phenoxy) is 2. The fourth-order valence-electron chi connectivity index (χ4n) is 4.02. The van der Waals surface area contributed by atoms with Crippen LogP contribution >= 0.6 is 0 Å². The van der Waals surface area contributed by atoms with Crippen LogP contribution in [0.5, 0.6) is 0 Å². The number of aromatic nitrogens is 1. The molecule has 2 atom stereocenters. The standard InChI is InChI=1S/C28H27N3O3/c1-28(18-29)19-34-16-23-11-10-22(15-24(23)28)27(32)31-26(17-33-2)25-14-21(12-13-30-25)9-8-20-6-4-3-5-7-20/h3-15,26H,16-17,19H2,1-2H3,(H,31,32)/b9-8+/t26-,28+/m0/s1. The molecular weight excluding hydrogens is 426 g/mol. The number of methoxy groups -OCH3 is 1. The van der Waals surface area contributed by atoms with Crippen molar-refractivity contribution < 1.29 is 14.3 Å². The molecule has 1 N–H and O–H groups in total. The lowest BCUT2D eigenvalue weighted by atomic mass is 9.79. The molecule has 4 rings (SSSR count). The minimum Gasteiger partial charge on any atom is -0.382 e. The lowest BCUT2D eigenvalue weighted by Crippen LogP contribution is -2.34. The Morgan fingerprint density at radius 3 is 2.76 bits per heavy atom. The number of hydrogen-bond acceptors (Lipinski definition) is 5. The largest absolute Gasteiger partial charge is 0.382 e. The van der Waals surface area contributed by atoms with Crippen molar-refractivity contribution in [3.8, 4) is 6.07 Å². The third-order valence-electron chi connectivity index (χ3n) is 5.93. The molecule has 1 aromatic heterocycles. The molecule has 1 aliphatic heterocycles. The number of rotatable bonds is 7. The lowest BCUT2D eigenvalue weighted by Gasteiger charge is -2.30. The van der Waals surface area contributed by atoms with Gasteiger partial charge in [0.1, 0.15) is 5.41 Å². The maximum atomic E-state index is 13.2. The highest BCUT2D eigenvalue weighted by Gasteiger charge is 2.33. The summed E-state index contributed by atoms with van der Waals surface area (Å²) in [4.78, 5) is 17.6. The molecule has 0 fully saturated rings. The normalized spacial score (nSPS) is 18.1. The third-order valence-corrected chi connectivity index (χ3v) is 5.93. The van der Waals surface area contributed by atoms with Crippen LogP contribution in [-0.2, 0) is 21.5 Å². The van der Waals surface area contributed by atoms with Crippen molar-refractivity contribution in [1.29, 1.82) is 5.26 Å². The molecule has 0 bridgehead atoms. The number of nitriles is 1. The zero-order valence-electron chi connectivity index (χ0n) is 19.3. The van der Waals surface area contributed by atoms with Crippen molar-refractivity contribution in [1.82, 2.24) is 10.3 Å². The van der Waals surface area contributed by atoms with Crippen LogP contribution < -0.4 is 5.32 Å². The van der Waals surface area contributed by atoms with Crippen molar-refractivity contribution in [2.45, 2.75) is 25.0 Å². The van der Waals surface area contributed by atoms with Gasteiger partial charge < -0.3 is 14.8 Å². The summed E-state index contributed by atoms with van der Waals surface area (Å²) >= 11 is 0. The Morgan fingerprint density at radius 1 is 1.21 bits per heavy atom. The predicted octanol–water partition coefficient (Wildman–Crippen LogP) is 4.68. The predicted molar refractivity (Wildman–Crippen MR) is 131 cm³/mol. The summed E-state index contributed by atoms with van der Waals surface area (Å²) in [5.74, 6) is -0.247. The number of pyridine rings is 1. The highest BCUT2D eigenvalue weighted by molar-refractivity contribution is 5.95. The van der Waals surface area contributed by atoms with E-state index in [0.717, 1.165) is 22.3 Å². The Morgan fingerprint density at radius 2 is 2.00 bits per heavy atom. The Balaban J connectivity index is 1.55. The number of benzene rings is 2. The van der Waals surface area contributed by atoms with Gasteiger partial charge in [-0.15, -0.1) is 0 Å². The third kappa shape index (κ3) is 5.23. The molecular formula is C28H27N3O3. The van der Waals surface area contributed by atoms with Crippen molar-refractivity contribution in [2.75, 3.05) is 20.3 Å². The highest BCUT2D eigenvalue weighted by Crippen LogP contribution is 2.32. The van der Waals surface area contributed by atoms with Gasteiger partial charge in [0.05, 0.1) is 37.6 Å². The van der Waals surface area contributed by atoms with E-state index in [1.165, 1.54) is 0 Å². The van der Waals surface area contributed by atoms with Gasteiger partial charge >= 0.3 is 0 Å². The van der Waals surface area contributed by atoms with E-state index in [2.05, 4.69) is 16.4 Å². The second-order valence-corrected chi connectivity index (χ2v) is 8.55. The molecule has 34 heavy (non-hydrogen) atoms. The second-order valence-electron chi connectivity index (χ2n) is 8.55. The van der Waals surface area contributed by atoms with E-state index in [-0.39, 0.29) is 12.5 Å². The van der Waals surface area contributed by atoms with E-state index in [9.17, 15) is 10.1 Å². The molecule has 0 saturated heterocycles. The summed E-state index contributed by atoms with van der Waals surface area (Å²) < 4.78 is 10.9. The fourth-order valence-corrected chi connectivity index (χ4v) is 4.02. The maximum Gasteiger partial charge on any atom is 0.251 e. The van der Waals surface area contributed by atoms with Gasteiger partial charge in [-0.1, -0.05) is 48.6 Å². The van der Waals surface area contributed by atoms with Gasteiger partial charge in [0, 0.05) is 18.9 Å². The summed E-state index contributed by atoms with van der Waals surface area (Å²) in [5, 5.41) is 12.7. The number of carbonyl (C=O) groups is 1. The minimum absolute atomic E-state index is 0.247. The van der Waals surface area contributed by atoms with Gasteiger partial charge in [-0.05, 0) is 53.4 Å². The van der Waals surface area contributed by atoms with Gasteiger partial charge in [-0.25, -0.2) is 0 Å². The van der Waals surface area contributed by atoms with Gasteiger partial charge in [0.15, 0.2) is 0 Å². The molecule has 0 spiro atoms. The minimum atomic E-state index is -0.781. The van der Waals surface area contributed by atoms with Gasteiger partial charge in [0.25, 0.3) is 5.91 Å². The zero-order valence-corrected chi connectivity index (χ0v) is 19.3. The molecule has 6 nitrogen and oxygen atoms in total. The first-order valence-corrected chi connectivity index (χ1v) is 11.1. The summed E-state index contributed by atoms with van der Waals surface area (Å²) in [6, 6.07) is 21.2. The number of nitrogens with one attached hydrogen (secondary N) is 1. The van der Waals surface area contributed by atoms with Crippen molar-refractivity contribution in [3.05, 3.63) is 100 Å². The number of fused-ring (bicyclic) bond motifs is 1. The second kappa shape index (κ2) is 10.4. The van der Waals surface area contributed by atoms with Crippen LogP contribution in [0.15, 0.2) is 66.9 Å². The first kappa shape index (κ1) is 23.4. The number of hydrogen-bond donors (Lipinski definition) is 1. The van der Waals surface area contributed by atoms with Gasteiger partial charge in [-0.2, -0.15) is 5.26 Å². The topological polar surface area (TPSA) is 84.2 Å². The average Bonchev–Trinajstić information content (AvgIpc) is 2.88. The van der Waals surface area contributed by atoms with Crippen molar-refractivity contribution in [2.24, 2.45) is 0 Å². The Labute approximate surface area is 199 Å². The molecule has 0 radical (unpaired) electrons. The molecule has 0 aliphatic carbocycles. The van der Waals surface area contributed by atoms with Gasteiger partial charge in [-0.3, -0.25) is 9.78 Å². The average molecular weight is 454 g/mol. The highest BCUT2D eigenvalue weighted by atomic mass is 16.5. The van der Waals surface area contributed by atoms with Crippen LogP contribution in [0.4, 0.5) is 0 Å². The number of carbonyl (C=O) groups excluding carboxylic acids is 1. The number of amides is 1. The van der Waals surface area contributed by atoms with Crippen LogP contribution in [0.25, 0.3) is 12.2 Å². The monoisotopic (exact) mass is 453 g/mol. The molecule has 1 aliphatic rings. The SMILES string of the molecule is COC[C@H](NC(=O)c1ccc2c(c1)[C@](C)(C#N)COC2)c1cc(/C=C/c2ccccc2)ccn1. The molecule has 172 valence electrons. The van der Waals surface area contributed by atoms with Crippen LogP contribution in [0.1, 0.15) is 51.3 Å². The van der Waals surface area contributed by atoms with Gasteiger partial charge in [0.2, 0.25) is 0 Å². The van der Waals surface area contributed by atoms with E-state index < -0.39 is 11.5 Å². The summed E-state index contributed by atoms with van der Waals surface area (Å²) in [7, 11) is 1.59. The maximum absolute atomic E-state index is 13.2. The lowest BCUT2D eigenvalue weighted by molar-refractivity contribution is 0.0756. The first-order chi connectivity index (χ1) is 16.5. The van der Waals surface area contributed by atoms with Crippen LogP contribution in [0.2, 0.25) is 0 Å². The van der Waals surface area contributed by atoms with E-state index in [1.54, 1.807) is 25.4 Å². The summed E-state index contributed by atoms with van der Waals surface area (Å²) in [6.45, 7) is 2.85. The smallest absolute Gasteiger partial charge is 0.251 e. The Hall–Kier alpha value is -3.79. The zero-order chi connectivity index (χ0) is 24.0. The van der Waals surface area contributed by atoms with Crippen LogP contribution in [-0.4, -0.2) is 31.2 Å². The molecule has 3 aromatic rings. The molecule has 1 amide bonds. The molecule has 0 unspecified atom stereocenters. The van der Waals surface area contributed by atoms with Crippen molar-refractivity contribution in [3.63, 3.8) is 0 Å². The Bertz CT molecular complexity index is 1230. The number of nitrogens with zero attached hydrogens (tertiary/aromatic N) is 2. The summed E-state index contributed by atoms with van der Waals surface area (Å²) in [6.07, 6.45) is 5.78. The van der Waals surface area contributed by atoms with E-state index in [1.807, 2.05) is 67.6 Å². The van der Waals surface area contributed by atoms with Crippen LogP contribution in [0.3, 0.4) is 0 Å². The van der Waals surface area contributed by atoms with E-state index in [4.69, 9.17) is 9.47 Å². The van der Waals surface area contributed by atoms with E-state index in [0.29, 0.717) is 24.5 Å². The molecule has 2 heterocycles. The van der Waals surface area contributed by atoms with Crippen LogP contribution in [0, 0.1) is 11.3 Å². The molecule has 6 heteroatoms. The van der Waals surface area contributed by atoms with Crippen molar-refractivity contribution >= 4 is 18.1 Å². The quantitative estimate of drug-likeness (QED) is 0.561. The molecule has 0 saturated carbocycles. The van der Waals surface area contributed by atoms with E-state index >= 15 is 0 Å². The summed E-state index contributed by atoms with van der Waals surface area (Å²) in [5.41, 5.74) is 4.26. The molecule has 2 aromatic carbocycles. The Kier molecular flexibility index (Phi) is 7.17.